The zero-order chi connectivity index (χ0) is 11.1. The molecule has 0 aliphatic carbocycles. The Labute approximate surface area is 83.1 Å². The van der Waals surface area contributed by atoms with Crippen LogP contribution in [-0.4, -0.2) is 24.2 Å². The summed E-state index contributed by atoms with van der Waals surface area (Å²) in [6, 6.07) is 0. The second kappa shape index (κ2) is 5.75. The van der Waals surface area contributed by atoms with Crippen molar-refractivity contribution in [3.8, 4) is 0 Å². The van der Waals surface area contributed by atoms with Gasteiger partial charge in [-0.3, -0.25) is 9.79 Å². The van der Waals surface area contributed by atoms with Gasteiger partial charge in [-0.1, -0.05) is 18.7 Å². The first-order valence-electron chi connectivity index (χ1n) is 4.02. The predicted molar refractivity (Wildman–Crippen MR) is 57.2 cm³/mol. The Morgan fingerprint density at radius 2 is 2.14 bits per heavy atom. The number of carbonyl (C=O) groups is 1. The lowest BCUT2D eigenvalue weighted by molar-refractivity contribution is -0.109. The highest BCUT2D eigenvalue weighted by Crippen LogP contribution is 2.09. The SMILES string of the molecule is C=C/C(C(=O)C=NC)=C(O)\C(N)=C\C. The molecule has 4 nitrogen and oxygen atoms in total. The fraction of sp³-hybridized carbons (Fsp3) is 0.200. The molecule has 0 aromatic carbocycles. The lowest BCUT2D eigenvalue weighted by Crippen LogP contribution is -2.10. The quantitative estimate of drug-likeness (QED) is 0.305. The van der Waals surface area contributed by atoms with Crippen LogP contribution in [-0.2, 0) is 4.79 Å². The van der Waals surface area contributed by atoms with Gasteiger partial charge in [0.2, 0.25) is 5.78 Å². The van der Waals surface area contributed by atoms with Crippen molar-refractivity contribution in [1.29, 1.82) is 0 Å². The Kier molecular flexibility index (Phi) is 4.99. The molecule has 0 atom stereocenters. The highest BCUT2D eigenvalue weighted by molar-refractivity contribution is 6.36. The summed E-state index contributed by atoms with van der Waals surface area (Å²) in [6.07, 6.45) is 3.83. The highest BCUT2D eigenvalue weighted by atomic mass is 16.3. The number of carbonyl (C=O) groups excluding carboxylic acids is 1. The van der Waals surface area contributed by atoms with Gasteiger partial charge in [0.05, 0.1) is 17.5 Å². The van der Waals surface area contributed by atoms with Crippen molar-refractivity contribution in [1.82, 2.24) is 0 Å². The Morgan fingerprint density at radius 1 is 1.57 bits per heavy atom. The smallest absolute Gasteiger partial charge is 0.207 e. The molecule has 0 aromatic rings. The molecule has 3 N–H and O–H groups in total. The molecule has 14 heavy (non-hydrogen) atoms. The number of aliphatic hydroxyl groups is 1. The zero-order valence-electron chi connectivity index (χ0n) is 8.32. The molecule has 0 unspecified atom stereocenters. The van der Waals surface area contributed by atoms with Crippen LogP contribution in [0.4, 0.5) is 0 Å². The van der Waals surface area contributed by atoms with E-state index in [0.29, 0.717) is 0 Å². The molecule has 0 aromatic heterocycles. The second-order valence-electron chi connectivity index (χ2n) is 2.46. The van der Waals surface area contributed by atoms with E-state index in [1.54, 1.807) is 6.92 Å². The second-order valence-corrected chi connectivity index (χ2v) is 2.46. The number of nitrogens with two attached hydrogens (primary N) is 1. The first kappa shape index (κ1) is 12.2. The van der Waals surface area contributed by atoms with Crippen LogP contribution >= 0.6 is 0 Å². The molecular weight excluding hydrogens is 180 g/mol. The Balaban J connectivity index is 5.24. The molecule has 0 fully saturated rings. The van der Waals surface area contributed by atoms with E-state index >= 15 is 0 Å². The molecule has 0 aliphatic rings. The summed E-state index contributed by atoms with van der Waals surface area (Å²) < 4.78 is 0. The van der Waals surface area contributed by atoms with E-state index < -0.39 is 5.78 Å². The highest BCUT2D eigenvalue weighted by Gasteiger charge is 2.10. The van der Waals surface area contributed by atoms with E-state index in [9.17, 15) is 9.90 Å². The number of nitrogens with zero attached hydrogens (tertiary/aromatic N) is 1. The van der Waals surface area contributed by atoms with Gasteiger partial charge in [-0.15, -0.1) is 0 Å². The van der Waals surface area contributed by atoms with E-state index in [4.69, 9.17) is 5.73 Å². The van der Waals surface area contributed by atoms with Crippen LogP contribution in [0.3, 0.4) is 0 Å². The van der Waals surface area contributed by atoms with Crippen LogP contribution in [0.5, 0.6) is 0 Å². The summed E-state index contributed by atoms with van der Waals surface area (Å²) in [5, 5.41) is 9.51. The lowest BCUT2D eigenvalue weighted by Gasteiger charge is -2.03. The average Bonchev–Trinajstić information content (AvgIpc) is 2.18. The molecule has 0 bridgehead atoms. The Morgan fingerprint density at radius 3 is 2.50 bits per heavy atom. The third kappa shape index (κ3) is 2.90. The van der Waals surface area contributed by atoms with Crippen molar-refractivity contribution in [2.24, 2.45) is 10.7 Å². The summed E-state index contributed by atoms with van der Waals surface area (Å²) in [7, 11) is 1.47. The number of allylic oxidation sites excluding steroid dienone is 3. The molecule has 0 radical (unpaired) electrons. The number of aliphatic hydroxyl groups excluding tert-OH is 1. The largest absolute Gasteiger partial charge is 0.505 e. The molecule has 0 heterocycles. The normalized spacial score (nSPS) is 14.0. The van der Waals surface area contributed by atoms with Gasteiger partial charge in [0.25, 0.3) is 0 Å². The van der Waals surface area contributed by atoms with Gasteiger partial charge in [-0.25, -0.2) is 0 Å². The zero-order valence-corrected chi connectivity index (χ0v) is 8.32. The van der Waals surface area contributed by atoms with Crippen LogP contribution < -0.4 is 5.73 Å². The van der Waals surface area contributed by atoms with Crippen molar-refractivity contribution in [3.63, 3.8) is 0 Å². The standard InChI is InChI=1S/C10H14N2O2/c1-4-7(9(13)6-12-3)10(14)8(11)5-2/h4-6,14H,1,11H2,2-3H3/b8-5-,10-7-,12-6?. The number of rotatable bonds is 4. The van der Waals surface area contributed by atoms with Crippen molar-refractivity contribution in [2.45, 2.75) is 6.92 Å². The maximum atomic E-state index is 11.3. The maximum Gasteiger partial charge on any atom is 0.207 e. The van der Waals surface area contributed by atoms with E-state index in [1.807, 2.05) is 0 Å². The third-order valence-electron chi connectivity index (χ3n) is 1.56. The molecule has 0 rings (SSSR count). The van der Waals surface area contributed by atoms with Crippen molar-refractivity contribution < 1.29 is 9.90 Å². The predicted octanol–water partition coefficient (Wildman–Crippen LogP) is 1.12. The van der Waals surface area contributed by atoms with E-state index in [0.717, 1.165) is 6.21 Å². The van der Waals surface area contributed by atoms with Crippen LogP contribution in [0.15, 0.2) is 40.8 Å². The van der Waals surface area contributed by atoms with Crippen LogP contribution in [0, 0.1) is 0 Å². The summed E-state index contributed by atoms with van der Waals surface area (Å²) in [5.41, 5.74) is 5.62. The van der Waals surface area contributed by atoms with Gasteiger partial charge in [0.15, 0.2) is 0 Å². The summed E-state index contributed by atoms with van der Waals surface area (Å²) in [4.78, 5) is 14.9. The first-order chi connectivity index (χ1) is 6.58. The Hall–Kier alpha value is -1.84. The van der Waals surface area contributed by atoms with Crippen molar-refractivity contribution in [2.75, 3.05) is 7.05 Å². The molecule has 0 spiro atoms. The van der Waals surface area contributed by atoms with Gasteiger partial charge >= 0.3 is 0 Å². The van der Waals surface area contributed by atoms with Crippen LogP contribution in [0.1, 0.15) is 6.92 Å². The third-order valence-corrected chi connectivity index (χ3v) is 1.56. The summed E-state index contributed by atoms with van der Waals surface area (Å²) in [5.74, 6) is -0.697. The minimum Gasteiger partial charge on any atom is -0.505 e. The monoisotopic (exact) mass is 194 g/mol. The van der Waals surface area contributed by atoms with E-state index in [1.165, 1.54) is 19.2 Å². The average molecular weight is 194 g/mol. The molecule has 0 amide bonds. The molecule has 0 aliphatic heterocycles. The fourth-order valence-electron chi connectivity index (χ4n) is 0.793. The minimum atomic E-state index is -0.426. The molecule has 76 valence electrons. The first-order valence-corrected chi connectivity index (χ1v) is 4.02. The van der Waals surface area contributed by atoms with Gasteiger partial charge in [0, 0.05) is 7.05 Å². The van der Waals surface area contributed by atoms with Crippen LogP contribution in [0.25, 0.3) is 0 Å². The topological polar surface area (TPSA) is 75.7 Å². The van der Waals surface area contributed by atoms with Gasteiger partial charge in [-0.05, 0) is 6.92 Å². The minimum absolute atomic E-state index is 0.0474. The fourth-order valence-corrected chi connectivity index (χ4v) is 0.793. The van der Waals surface area contributed by atoms with Gasteiger partial charge < -0.3 is 10.8 Å². The number of hydrogen-bond donors (Lipinski definition) is 2. The van der Waals surface area contributed by atoms with Crippen LogP contribution in [0.2, 0.25) is 0 Å². The number of aliphatic imine (C=N–C) groups is 1. The van der Waals surface area contributed by atoms with Gasteiger partial charge in [0.1, 0.15) is 5.76 Å². The molecular formula is C10H14N2O2. The van der Waals surface area contributed by atoms with E-state index in [2.05, 4.69) is 11.6 Å². The lowest BCUT2D eigenvalue weighted by atomic mass is 10.1. The van der Waals surface area contributed by atoms with E-state index in [-0.39, 0.29) is 17.0 Å². The number of ketones is 1. The Bertz CT molecular complexity index is 325. The van der Waals surface area contributed by atoms with Gasteiger partial charge in [-0.2, -0.15) is 0 Å². The summed E-state index contributed by atoms with van der Waals surface area (Å²) in [6.45, 7) is 5.08. The summed E-state index contributed by atoms with van der Waals surface area (Å²) >= 11 is 0. The molecule has 4 heteroatoms. The molecule has 0 saturated carbocycles. The number of hydrogen-bond acceptors (Lipinski definition) is 4. The van der Waals surface area contributed by atoms with Crippen molar-refractivity contribution in [3.05, 3.63) is 35.8 Å². The van der Waals surface area contributed by atoms with Crippen molar-refractivity contribution >= 4 is 12.0 Å². The molecule has 0 saturated heterocycles. The number of Topliss-reactive ketones (excluding diaryl/α,β-unsaturated/α-hetero) is 1. The maximum absolute atomic E-state index is 11.3.